The van der Waals surface area contributed by atoms with Gasteiger partial charge >= 0.3 is 0 Å². The number of nitrogens with one attached hydrogen (secondary N) is 2. The Morgan fingerprint density at radius 1 is 1.36 bits per heavy atom. The molecule has 0 radical (unpaired) electrons. The Bertz CT molecular complexity index is 400. The number of hydrogen-bond acceptors (Lipinski definition) is 4. The van der Waals surface area contributed by atoms with E-state index in [2.05, 4.69) is 41.9 Å². The predicted molar refractivity (Wildman–Crippen MR) is 55.6 cm³/mol. The second-order valence-corrected chi connectivity index (χ2v) is 3.52. The molecule has 2 N–H and O–H groups in total. The quantitative estimate of drug-likeness (QED) is 0.872. The Morgan fingerprint density at radius 2 is 2.21 bits per heavy atom. The first kappa shape index (κ1) is 9.14. The Kier molecular flexibility index (Phi) is 2.73. The number of benzene rings is 1. The lowest BCUT2D eigenvalue weighted by Crippen LogP contribution is -2.01. The van der Waals surface area contributed by atoms with Crippen molar-refractivity contribution in [1.82, 2.24) is 20.6 Å². The SMILES string of the molecule is Brc1ccccc1NCc1nn[nH]n1. The van der Waals surface area contributed by atoms with Gasteiger partial charge in [0.05, 0.1) is 6.54 Å². The average molecular weight is 254 g/mol. The lowest BCUT2D eigenvalue weighted by Gasteiger charge is -2.04. The largest absolute Gasteiger partial charge is 0.377 e. The number of aromatic nitrogens is 4. The maximum atomic E-state index is 3.84. The predicted octanol–water partition coefficient (Wildman–Crippen LogP) is 1.57. The summed E-state index contributed by atoms with van der Waals surface area (Å²) in [5.41, 5.74) is 1.01. The summed E-state index contributed by atoms with van der Waals surface area (Å²) in [7, 11) is 0. The highest BCUT2D eigenvalue weighted by atomic mass is 79.9. The number of aromatic amines is 1. The zero-order valence-electron chi connectivity index (χ0n) is 7.24. The third-order valence-corrected chi connectivity index (χ3v) is 2.39. The molecule has 72 valence electrons. The lowest BCUT2D eigenvalue weighted by atomic mass is 10.3. The van der Waals surface area contributed by atoms with Crippen molar-refractivity contribution in [3.8, 4) is 0 Å². The summed E-state index contributed by atoms with van der Waals surface area (Å²) in [6.07, 6.45) is 0. The van der Waals surface area contributed by atoms with E-state index in [4.69, 9.17) is 0 Å². The molecule has 0 aliphatic carbocycles. The monoisotopic (exact) mass is 253 g/mol. The fourth-order valence-electron chi connectivity index (χ4n) is 1.04. The van der Waals surface area contributed by atoms with Crippen molar-refractivity contribution in [2.45, 2.75) is 6.54 Å². The van der Waals surface area contributed by atoms with Gasteiger partial charge in [-0.05, 0) is 28.1 Å². The van der Waals surface area contributed by atoms with E-state index in [9.17, 15) is 0 Å². The minimum absolute atomic E-state index is 0.555. The molecule has 1 aromatic heterocycles. The van der Waals surface area contributed by atoms with Crippen molar-refractivity contribution in [3.05, 3.63) is 34.6 Å². The van der Waals surface area contributed by atoms with E-state index in [1.807, 2.05) is 24.3 Å². The van der Waals surface area contributed by atoms with E-state index >= 15 is 0 Å². The Labute approximate surface area is 89.0 Å². The first-order valence-electron chi connectivity index (χ1n) is 4.07. The molecule has 1 heterocycles. The summed E-state index contributed by atoms with van der Waals surface area (Å²) in [5.74, 6) is 0.640. The van der Waals surface area contributed by atoms with Crippen LogP contribution in [0.5, 0.6) is 0 Å². The van der Waals surface area contributed by atoms with E-state index in [1.54, 1.807) is 0 Å². The zero-order valence-corrected chi connectivity index (χ0v) is 8.82. The van der Waals surface area contributed by atoms with Crippen LogP contribution in [0.15, 0.2) is 28.7 Å². The van der Waals surface area contributed by atoms with Gasteiger partial charge in [0.1, 0.15) is 0 Å². The molecule has 0 saturated heterocycles. The molecular formula is C8H8BrN5. The summed E-state index contributed by atoms with van der Waals surface area (Å²) in [4.78, 5) is 0. The number of tetrazole rings is 1. The van der Waals surface area contributed by atoms with Gasteiger partial charge in [0.2, 0.25) is 0 Å². The number of halogens is 1. The van der Waals surface area contributed by atoms with Crippen LogP contribution in [0.3, 0.4) is 0 Å². The van der Waals surface area contributed by atoms with Gasteiger partial charge in [-0.25, -0.2) is 0 Å². The maximum Gasteiger partial charge on any atom is 0.193 e. The van der Waals surface area contributed by atoms with Gasteiger partial charge < -0.3 is 5.32 Å². The number of nitrogens with zero attached hydrogens (tertiary/aromatic N) is 3. The van der Waals surface area contributed by atoms with Crippen LogP contribution in [0.4, 0.5) is 5.69 Å². The molecule has 2 rings (SSSR count). The van der Waals surface area contributed by atoms with Crippen LogP contribution in [0.25, 0.3) is 0 Å². The number of rotatable bonds is 3. The van der Waals surface area contributed by atoms with Crippen LogP contribution in [0.2, 0.25) is 0 Å². The van der Waals surface area contributed by atoms with Crippen molar-refractivity contribution < 1.29 is 0 Å². The van der Waals surface area contributed by atoms with Gasteiger partial charge in [-0.3, -0.25) is 0 Å². The van der Waals surface area contributed by atoms with E-state index in [-0.39, 0.29) is 0 Å². The standard InChI is InChI=1S/C8H8BrN5/c9-6-3-1-2-4-7(6)10-5-8-11-13-14-12-8/h1-4,10H,5H2,(H,11,12,13,14). The molecule has 0 spiro atoms. The Morgan fingerprint density at radius 3 is 2.93 bits per heavy atom. The molecule has 0 aliphatic heterocycles. The normalized spacial score (nSPS) is 10.1. The molecule has 6 heteroatoms. The van der Waals surface area contributed by atoms with Gasteiger partial charge in [0, 0.05) is 10.2 Å². The van der Waals surface area contributed by atoms with E-state index in [0.29, 0.717) is 12.4 Å². The highest BCUT2D eigenvalue weighted by molar-refractivity contribution is 9.10. The van der Waals surface area contributed by atoms with Crippen LogP contribution in [0.1, 0.15) is 5.82 Å². The Balaban J connectivity index is 2.02. The smallest absolute Gasteiger partial charge is 0.193 e. The molecule has 14 heavy (non-hydrogen) atoms. The number of anilines is 1. The first-order valence-corrected chi connectivity index (χ1v) is 4.86. The third kappa shape index (κ3) is 2.08. The Hall–Kier alpha value is -1.43. The topological polar surface area (TPSA) is 66.5 Å². The molecule has 5 nitrogen and oxygen atoms in total. The fourth-order valence-corrected chi connectivity index (χ4v) is 1.46. The van der Waals surface area contributed by atoms with Crippen LogP contribution < -0.4 is 5.32 Å². The molecule has 1 aromatic carbocycles. The lowest BCUT2D eigenvalue weighted by molar-refractivity contribution is 0.881. The molecule has 0 atom stereocenters. The van der Waals surface area contributed by atoms with Crippen LogP contribution in [0, 0.1) is 0 Å². The molecule has 0 bridgehead atoms. The van der Waals surface area contributed by atoms with Crippen LogP contribution >= 0.6 is 15.9 Å². The first-order chi connectivity index (χ1) is 6.86. The van der Waals surface area contributed by atoms with E-state index in [0.717, 1.165) is 10.2 Å². The van der Waals surface area contributed by atoms with Crippen molar-refractivity contribution in [2.75, 3.05) is 5.32 Å². The summed E-state index contributed by atoms with van der Waals surface area (Å²) < 4.78 is 1.02. The van der Waals surface area contributed by atoms with Crippen LogP contribution in [-0.4, -0.2) is 20.6 Å². The highest BCUT2D eigenvalue weighted by Crippen LogP contribution is 2.21. The second-order valence-electron chi connectivity index (χ2n) is 2.66. The second kappa shape index (κ2) is 4.19. The molecule has 0 unspecified atom stereocenters. The van der Waals surface area contributed by atoms with Crippen molar-refractivity contribution in [2.24, 2.45) is 0 Å². The summed E-state index contributed by atoms with van der Waals surface area (Å²) in [6.45, 7) is 0.555. The van der Waals surface area contributed by atoms with Gasteiger partial charge in [-0.15, -0.1) is 10.2 Å². The minimum atomic E-state index is 0.555. The maximum absolute atomic E-state index is 3.84. The van der Waals surface area contributed by atoms with E-state index in [1.165, 1.54) is 0 Å². The van der Waals surface area contributed by atoms with E-state index < -0.39 is 0 Å². The molecule has 0 fully saturated rings. The van der Waals surface area contributed by atoms with Gasteiger partial charge in [-0.2, -0.15) is 5.21 Å². The average Bonchev–Trinajstić information content (AvgIpc) is 2.69. The highest BCUT2D eigenvalue weighted by Gasteiger charge is 2.00. The minimum Gasteiger partial charge on any atom is -0.377 e. The molecule has 0 saturated carbocycles. The van der Waals surface area contributed by atoms with Crippen LogP contribution in [-0.2, 0) is 6.54 Å². The summed E-state index contributed by atoms with van der Waals surface area (Å²) in [6, 6.07) is 7.87. The zero-order chi connectivity index (χ0) is 9.80. The van der Waals surface area contributed by atoms with Gasteiger partial charge in [-0.1, -0.05) is 17.3 Å². The summed E-state index contributed by atoms with van der Waals surface area (Å²) >= 11 is 3.43. The molecule has 2 aromatic rings. The van der Waals surface area contributed by atoms with Crippen molar-refractivity contribution in [3.63, 3.8) is 0 Å². The summed E-state index contributed by atoms with van der Waals surface area (Å²) in [5, 5.41) is 16.7. The van der Waals surface area contributed by atoms with Gasteiger partial charge in [0.15, 0.2) is 5.82 Å². The third-order valence-electron chi connectivity index (χ3n) is 1.70. The molecular weight excluding hydrogens is 246 g/mol. The number of hydrogen-bond donors (Lipinski definition) is 2. The van der Waals surface area contributed by atoms with Crippen molar-refractivity contribution in [1.29, 1.82) is 0 Å². The molecule has 0 amide bonds. The molecule has 0 aliphatic rings. The number of para-hydroxylation sites is 1. The number of H-pyrrole nitrogens is 1. The van der Waals surface area contributed by atoms with Crippen molar-refractivity contribution >= 4 is 21.6 Å². The fraction of sp³-hybridized carbons (Fsp3) is 0.125. The van der Waals surface area contributed by atoms with Gasteiger partial charge in [0.25, 0.3) is 0 Å².